The summed E-state index contributed by atoms with van der Waals surface area (Å²) in [6, 6.07) is 13.5. The topological polar surface area (TPSA) is 58.6 Å². The van der Waals surface area contributed by atoms with Crippen molar-refractivity contribution < 1.29 is 14.3 Å². The van der Waals surface area contributed by atoms with Crippen molar-refractivity contribution in [2.75, 3.05) is 13.2 Å². The molecule has 0 aliphatic rings. The summed E-state index contributed by atoms with van der Waals surface area (Å²) < 4.78 is 5.63. The van der Waals surface area contributed by atoms with E-state index in [0.29, 0.717) is 35.3 Å². The van der Waals surface area contributed by atoms with E-state index in [-0.39, 0.29) is 18.4 Å². The van der Waals surface area contributed by atoms with E-state index in [1.54, 1.807) is 41.3 Å². The molecule has 2 amide bonds. The van der Waals surface area contributed by atoms with Gasteiger partial charge in [-0.15, -0.1) is 0 Å². The quantitative estimate of drug-likeness (QED) is 0.484. The van der Waals surface area contributed by atoms with Crippen LogP contribution in [-0.2, 0) is 16.1 Å². The Balaban J connectivity index is 2.15. The minimum Gasteiger partial charge on any atom is -0.484 e. The first-order chi connectivity index (χ1) is 14.4. The maximum atomic E-state index is 13.1. The highest BCUT2D eigenvalue weighted by Crippen LogP contribution is 2.18. The number of hydrogen-bond acceptors (Lipinski definition) is 3. The Morgan fingerprint density at radius 3 is 2.17 bits per heavy atom. The van der Waals surface area contributed by atoms with E-state index >= 15 is 0 Å². The van der Waals surface area contributed by atoms with Crippen LogP contribution in [0.25, 0.3) is 0 Å². The number of carbonyl (C=O) groups is 2. The normalized spacial score (nSPS) is 11.6. The molecule has 1 N–H and O–H groups in total. The smallest absolute Gasteiger partial charge is 0.261 e. The number of halogens is 2. The third-order valence-electron chi connectivity index (χ3n) is 4.66. The lowest BCUT2D eigenvalue weighted by atomic mass is 10.1. The van der Waals surface area contributed by atoms with Gasteiger partial charge in [-0.2, -0.15) is 0 Å². The van der Waals surface area contributed by atoms with Gasteiger partial charge in [-0.25, -0.2) is 0 Å². The van der Waals surface area contributed by atoms with Gasteiger partial charge >= 0.3 is 0 Å². The molecule has 162 valence electrons. The van der Waals surface area contributed by atoms with Crippen molar-refractivity contribution in [3.63, 3.8) is 0 Å². The van der Waals surface area contributed by atoms with E-state index < -0.39 is 6.04 Å². The maximum absolute atomic E-state index is 13.1. The number of nitrogens with zero attached hydrogens (tertiary/aromatic N) is 1. The third-order valence-corrected chi connectivity index (χ3v) is 5.16. The van der Waals surface area contributed by atoms with Crippen molar-refractivity contribution in [3.8, 4) is 5.75 Å². The second-order valence-electron chi connectivity index (χ2n) is 6.96. The second kappa shape index (κ2) is 12.5. The van der Waals surface area contributed by atoms with Gasteiger partial charge in [0.25, 0.3) is 5.91 Å². The van der Waals surface area contributed by atoms with Crippen LogP contribution in [0.4, 0.5) is 0 Å². The lowest BCUT2D eigenvalue weighted by Gasteiger charge is -2.30. The Bertz CT molecular complexity index is 810. The number of benzene rings is 2. The fourth-order valence-corrected chi connectivity index (χ4v) is 3.22. The molecule has 30 heavy (non-hydrogen) atoms. The molecule has 0 spiro atoms. The zero-order valence-electron chi connectivity index (χ0n) is 17.4. The predicted octanol–water partition coefficient (Wildman–Crippen LogP) is 5.10. The lowest BCUT2D eigenvalue weighted by molar-refractivity contribution is -0.143. The Morgan fingerprint density at radius 1 is 1.00 bits per heavy atom. The summed E-state index contributed by atoms with van der Waals surface area (Å²) in [6.07, 6.45) is 2.38. The van der Waals surface area contributed by atoms with Crippen LogP contribution in [0, 0.1) is 0 Å². The van der Waals surface area contributed by atoms with E-state index in [0.717, 1.165) is 18.4 Å². The van der Waals surface area contributed by atoms with Crippen LogP contribution in [0.5, 0.6) is 5.75 Å². The number of nitrogens with one attached hydrogen (secondary N) is 1. The highest BCUT2D eigenvalue weighted by atomic mass is 35.5. The third kappa shape index (κ3) is 7.54. The summed E-state index contributed by atoms with van der Waals surface area (Å²) in [5, 5.41) is 4.14. The number of unbranched alkanes of at least 4 members (excludes halogenated alkanes) is 1. The summed E-state index contributed by atoms with van der Waals surface area (Å²) in [7, 11) is 0. The minimum absolute atomic E-state index is 0.153. The summed E-state index contributed by atoms with van der Waals surface area (Å²) >= 11 is 11.9. The standard InChI is InChI=1S/C23H28Cl2N2O3/c1-3-5-14-26-23(29)21(4-2)27(15-17-6-8-18(24)9-7-17)22(28)16-30-20-12-10-19(25)11-13-20/h6-13,21H,3-5,14-16H2,1-2H3,(H,26,29). The molecular formula is C23H28Cl2N2O3. The predicted molar refractivity (Wildman–Crippen MR) is 121 cm³/mol. The van der Waals surface area contributed by atoms with Gasteiger partial charge in [0.15, 0.2) is 6.61 Å². The average molecular weight is 451 g/mol. The van der Waals surface area contributed by atoms with Crippen LogP contribution in [0.3, 0.4) is 0 Å². The molecule has 0 aromatic heterocycles. The van der Waals surface area contributed by atoms with Crippen molar-refractivity contribution in [2.45, 2.75) is 45.7 Å². The van der Waals surface area contributed by atoms with Gasteiger partial charge in [-0.05, 0) is 54.8 Å². The van der Waals surface area contributed by atoms with Gasteiger partial charge in [0, 0.05) is 23.1 Å². The van der Waals surface area contributed by atoms with Crippen LogP contribution in [0.1, 0.15) is 38.7 Å². The molecule has 0 aliphatic carbocycles. The zero-order valence-corrected chi connectivity index (χ0v) is 18.9. The van der Waals surface area contributed by atoms with Crippen LogP contribution in [-0.4, -0.2) is 35.9 Å². The Hall–Kier alpha value is -2.24. The van der Waals surface area contributed by atoms with E-state index in [1.807, 2.05) is 19.1 Å². The Labute approximate surface area is 188 Å². The van der Waals surface area contributed by atoms with Crippen LogP contribution in [0.2, 0.25) is 10.0 Å². The van der Waals surface area contributed by atoms with Crippen molar-refractivity contribution in [1.82, 2.24) is 10.2 Å². The molecule has 0 saturated carbocycles. The molecule has 0 heterocycles. The van der Waals surface area contributed by atoms with E-state index in [4.69, 9.17) is 27.9 Å². The number of rotatable bonds is 11. The minimum atomic E-state index is -0.584. The van der Waals surface area contributed by atoms with Crippen molar-refractivity contribution in [3.05, 3.63) is 64.1 Å². The number of amides is 2. The summed E-state index contributed by atoms with van der Waals surface area (Å²) in [4.78, 5) is 27.4. The lowest BCUT2D eigenvalue weighted by Crippen LogP contribution is -2.50. The first kappa shape index (κ1) is 24.0. The number of hydrogen-bond donors (Lipinski definition) is 1. The van der Waals surface area contributed by atoms with Gasteiger partial charge in [0.1, 0.15) is 11.8 Å². The van der Waals surface area contributed by atoms with Gasteiger partial charge in [-0.3, -0.25) is 9.59 Å². The molecule has 5 nitrogen and oxygen atoms in total. The molecule has 0 radical (unpaired) electrons. The molecule has 1 unspecified atom stereocenters. The van der Waals surface area contributed by atoms with Crippen molar-refractivity contribution >= 4 is 35.0 Å². The van der Waals surface area contributed by atoms with Gasteiger partial charge in [-0.1, -0.05) is 55.6 Å². The number of ether oxygens (including phenoxy) is 1. The molecule has 0 bridgehead atoms. The van der Waals surface area contributed by atoms with Crippen LogP contribution >= 0.6 is 23.2 Å². The van der Waals surface area contributed by atoms with Crippen LogP contribution < -0.4 is 10.1 Å². The first-order valence-corrected chi connectivity index (χ1v) is 10.9. The number of carbonyl (C=O) groups excluding carboxylic acids is 2. The first-order valence-electron chi connectivity index (χ1n) is 10.1. The molecule has 2 rings (SSSR count). The van der Waals surface area contributed by atoms with Gasteiger partial charge in [0.2, 0.25) is 5.91 Å². The largest absolute Gasteiger partial charge is 0.484 e. The maximum Gasteiger partial charge on any atom is 0.261 e. The molecule has 0 aliphatic heterocycles. The SMILES string of the molecule is CCCCNC(=O)C(CC)N(Cc1ccc(Cl)cc1)C(=O)COc1ccc(Cl)cc1. The second-order valence-corrected chi connectivity index (χ2v) is 7.83. The molecule has 2 aromatic rings. The fraction of sp³-hybridized carbons (Fsp3) is 0.391. The van der Waals surface area contributed by atoms with Crippen molar-refractivity contribution in [1.29, 1.82) is 0 Å². The Morgan fingerprint density at radius 2 is 1.60 bits per heavy atom. The van der Waals surface area contributed by atoms with Crippen molar-refractivity contribution in [2.24, 2.45) is 0 Å². The van der Waals surface area contributed by atoms with Gasteiger partial charge < -0.3 is 15.0 Å². The molecule has 2 aromatic carbocycles. The molecule has 1 atom stereocenters. The summed E-state index contributed by atoms with van der Waals surface area (Å²) in [5.41, 5.74) is 0.888. The molecule has 0 saturated heterocycles. The highest BCUT2D eigenvalue weighted by Gasteiger charge is 2.28. The van der Waals surface area contributed by atoms with Gasteiger partial charge in [0.05, 0.1) is 0 Å². The Kier molecular flexibility index (Phi) is 9.98. The molecular weight excluding hydrogens is 423 g/mol. The van der Waals surface area contributed by atoms with Crippen LogP contribution in [0.15, 0.2) is 48.5 Å². The molecule has 7 heteroatoms. The molecule has 0 fully saturated rings. The summed E-state index contributed by atoms with van der Waals surface area (Å²) in [5.74, 6) is 0.122. The van der Waals surface area contributed by atoms with E-state index in [9.17, 15) is 9.59 Å². The average Bonchev–Trinajstić information content (AvgIpc) is 2.74. The zero-order chi connectivity index (χ0) is 21.9. The van der Waals surface area contributed by atoms with E-state index in [1.165, 1.54) is 0 Å². The fourth-order valence-electron chi connectivity index (χ4n) is 2.97. The monoisotopic (exact) mass is 450 g/mol. The van der Waals surface area contributed by atoms with E-state index in [2.05, 4.69) is 12.2 Å². The highest BCUT2D eigenvalue weighted by molar-refractivity contribution is 6.30. The summed E-state index contributed by atoms with van der Waals surface area (Å²) in [6.45, 7) is 4.67.